The molecule has 0 saturated carbocycles. The van der Waals surface area contributed by atoms with Crippen molar-refractivity contribution in [3.63, 3.8) is 0 Å². The van der Waals surface area contributed by atoms with Gasteiger partial charge in [0, 0.05) is 16.0 Å². The van der Waals surface area contributed by atoms with Crippen LogP contribution in [0.25, 0.3) is 22.6 Å². The van der Waals surface area contributed by atoms with E-state index in [-0.39, 0.29) is 0 Å². The molecule has 0 radical (unpaired) electrons. The maximum Gasteiger partial charge on any atom is 0.0390 e. The van der Waals surface area contributed by atoms with Gasteiger partial charge in [0.15, 0.2) is 0 Å². The Labute approximate surface area is 246 Å². The summed E-state index contributed by atoms with van der Waals surface area (Å²) in [5.41, 5.74) is 8.40. The van der Waals surface area contributed by atoms with E-state index in [0.29, 0.717) is 0 Å². The van der Waals surface area contributed by atoms with Crippen LogP contribution in [0.1, 0.15) is 67.7 Å². The van der Waals surface area contributed by atoms with E-state index in [2.05, 4.69) is 97.6 Å². The lowest BCUT2D eigenvalue weighted by Gasteiger charge is -2.14. The molecule has 1 aromatic heterocycles. The first-order chi connectivity index (χ1) is 19.7. The first kappa shape index (κ1) is 30.2. The van der Waals surface area contributed by atoms with E-state index in [1.54, 1.807) is 0 Å². The maximum absolute atomic E-state index is 3.97. The minimum Gasteiger partial charge on any atom is -0.313 e. The molecular weight excluding hydrogens is 504 g/mol. The van der Waals surface area contributed by atoms with Crippen LogP contribution in [0.4, 0.5) is 0 Å². The Bertz CT molecular complexity index is 1320. The number of fused-ring (bicyclic) bond motifs is 1. The number of hydrogen-bond acceptors (Lipinski definition) is 3. The predicted octanol–water partition coefficient (Wildman–Crippen LogP) is 7.29. The van der Waals surface area contributed by atoms with E-state index < -0.39 is 0 Å². The van der Waals surface area contributed by atoms with E-state index in [0.717, 1.165) is 45.2 Å². The molecule has 2 nitrogen and oxygen atoms in total. The van der Waals surface area contributed by atoms with Gasteiger partial charge in [0.1, 0.15) is 0 Å². The monoisotopic (exact) mass is 552 g/mol. The quantitative estimate of drug-likeness (QED) is 0.177. The smallest absolute Gasteiger partial charge is 0.0390 e. The van der Waals surface area contributed by atoms with E-state index in [9.17, 15) is 0 Å². The number of benzene rings is 2. The summed E-state index contributed by atoms with van der Waals surface area (Å²) in [6.07, 6.45) is 15.8. The predicted molar refractivity (Wildman–Crippen MR) is 178 cm³/mol. The Kier molecular flexibility index (Phi) is 12.0. The van der Waals surface area contributed by atoms with E-state index in [4.69, 9.17) is 0 Å². The summed E-state index contributed by atoms with van der Waals surface area (Å²) in [5, 5.41) is 4.95. The van der Waals surface area contributed by atoms with Gasteiger partial charge < -0.3 is 10.2 Å². The number of likely N-dealkylation sites (tertiary alicyclic amines) is 1. The zero-order valence-corrected chi connectivity index (χ0v) is 25.5. The Morgan fingerprint density at radius 2 is 1.48 bits per heavy atom. The average molecular weight is 553 g/mol. The van der Waals surface area contributed by atoms with Gasteiger partial charge in [0.05, 0.1) is 0 Å². The van der Waals surface area contributed by atoms with Crippen LogP contribution in [0.15, 0.2) is 73.8 Å². The topological polar surface area (TPSA) is 15.3 Å². The lowest BCUT2D eigenvalue weighted by molar-refractivity contribution is 0.334. The minimum absolute atomic E-state index is 0.917. The Hall–Kier alpha value is -2.72. The second-order valence-electron chi connectivity index (χ2n) is 11.3. The number of hydrogen-bond donors (Lipinski definition) is 1. The van der Waals surface area contributed by atoms with Crippen molar-refractivity contribution in [2.75, 3.05) is 32.7 Å². The van der Waals surface area contributed by atoms with Gasteiger partial charge in [-0.2, -0.15) is 0 Å². The molecule has 2 aliphatic rings. The molecule has 0 unspecified atom stereocenters. The average Bonchev–Trinajstić information content (AvgIpc) is 3.63. The first-order valence-electron chi connectivity index (χ1n) is 15.2. The van der Waals surface area contributed by atoms with Crippen LogP contribution in [-0.4, -0.2) is 37.6 Å². The summed E-state index contributed by atoms with van der Waals surface area (Å²) in [5.74, 6) is 0. The molecule has 3 heteroatoms. The SMILES string of the molecule is C=C.C=C(C)CNCCCc1ccc(-c2sc3c(c2Cc2ccc(CCCN4CCCC4)cc2)=CCCC=3)cc1. The van der Waals surface area contributed by atoms with Crippen LogP contribution in [0.2, 0.25) is 0 Å². The van der Waals surface area contributed by atoms with E-state index in [1.165, 1.54) is 93.3 Å². The number of rotatable bonds is 13. The molecule has 1 aliphatic carbocycles. The van der Waals surface area contributed by atoms with Crippen molar-refractivity contribution in [2.24, 2.45) is 0 Å². The minimum atomic E-state index is 0.917. The molecule has 1 aliphatic heterocycles. The molecule has 0 atom stereocenters. The van der Waals surface area contributed by atoms with Gasteiger partial charge in [0.25, 0.3) is 0 Å². The third kappa shape index (κ3) is 8.64. The van der Waals surface area contributed by atoms with Crippen LogP contribution in [0.3, 0.4) is 0 Å². The molecule has 2 heterocycles. The summed E-state index contributed by atoms with van der Waals surface area (Å²) in [6, 6.07) is 18.8. The molecule has 3 aromatic rings. The number of aryl methyl sites for hydroxylation is 2. The summed E-state index contributed by atoms with van der Waals surface area (Å²) in [7, 11) is 0. The zero-order valence-electron chi connectivity index (χ0n) is 24.6. The van der Waals surface area contributed by atoms with Crippen LogP contribution >= 0.6 is 11.3 Å². The van der Waals surface area contributed by atoms with Gasteiger partial charge in [-0.15, -0.1) is 24.5 Å². The molecule has 0 bridgehead atoms. The lowest BCUT2D eigenvalue weighted by Crippen LogP contribution is -2.24. The third-order valence-electron chi connectivity index (χ3n) is 7.93. The van der Waals surface area contributed by atoms with Crippen molar-refractivity contribution < 1.29 is 0 Å². The highest BCUT2D eigenvalue weighted by atomic mass is 32.1. The van der Waals surface area contributed by atoms with Crippen LogP contribution < -0.4 is 15.1 Å². The van der Waals surface area contributed by atoms with Crippen molar-refractivity contribution in [3.05, 3.63) is 106 Å². The van der Waals surface area contributed by atoms with E-state index >= 15 is 0 Å². The second-order valence-corrected chi connectivity index (χ2v) is 12.3. The summed E-state index contributed by atoms with van der Waals surface area (Å²) >= 11 is 1.98. The van der Waals surface area contributed by atoms with Crippen LogP contribution in [0.5, 0.6) is 0 Å². The molecule has 1 N–H and O–H groups in total. The zero-order chi connectivity index (χ0) is 28.2. The van der Waals surface area contributed by atoms with Gasteiger partial charge in [0.2, 0.25) is 0 Å². The van der Waals surface area contributed by atoms with Gasteiger partial charge >= 0.3 is 0 Å². The lowest BCUT2D eigenvalue weighted by atomic mass is 9.97. The molecule has 212 valence electrons. The highest BCUT2D eigenvalue weighted by Crippen LogP contribution is 2.28. The van der Waals surface area contributed by atoms with Gasteiger partial charge in [-0.1, -0.05) is 72.8 Å². The molecule has 0 amide bonds. The van der Waals surface area contributed by atoms with Crippen molar-refractivity contribution in [1.29, 1.82) is 0 Å². The molecule has 40 heavy (non-hydrogen) atoms. The maximum atomic E-state index is 3.97. The highest BCUT2D eigenvalue weighted by molar-refractivity contribution is 7.13. The Morgan fingerprint density at radius 1 is 0.850 bits per heavy atom. The first-order valence-corrected chi connectivity index (χ1v) is 16.0. The largest absolute Gasteiger partial charge is 0.313 e. The highest BCUT2D eigenvalue weighted by Gasteiger charge is 2.14. The third-order valence-corrected chi connectivity index (χ3v) is 9.22. The summed E-state index contributed by atoms with van der Waals surface area (Å²) < 4.78 is 1.47. The van der Waals surface area contributed by atoms with Crippen molar-refractivity contribution >= 4 is 23.5 Å². The van der Waals surface area contributed by atoms with Gasteiger partial charge in [-0.05, 0) is 124 Å². The van der Waals surface area contributed by atoms with Crippen LogP contribution in [0, 0.1) is 0 Å². The fourth-order valence-corrected chi connectivity index (χ4v) is 7.10. The Morgan fingerprint density at radius 3 is 2.17 bits per heavy atom. The summed E-state index contributed by atoms with van der Waals surface area (Å²) in [6.45, 7) is 17.9. The molecule has 0 spiro atoms. The second kappa shape index (κ2) is 15.9. The van der Waals surface area contributed by atoms with Gasteiger partial charge in [-0.3, -0.25) is 0 Å². The van der Waals surface area contributed by atoms with Crippen molar-refractivity contribution in [3.8, 4) is 10.4 Å². The standard InChI is InChI=1S/C35H44N2S.C2H4/c1-27(2)26-36-21-7-9-28-17-19-31(20-18-28)35-33(32-11-3-4-12-34(32)38-35)25-30-15-13-29(14-16-30)10-8-24-37-22-5-6-23-37;1-2/h11-20,36H,1,3-10,21-26H2,2H3;1-2H2. The van der Waals surface area contributed by atoms with Crippen molar-refractivity contribution in [2.45, 2.75) is 64.7 Å². The fourth-order valence-electron chi connectivity index (χ4n) is 5.81. The summed E-state index contributed by atoms with van der Waals surface area (Å²) in [4.78, 5) is 4.08. The molecule has 5 rings (SSSR count). The van der Waals surface area contributed by atoms with Crippen LogP contribution in [-0.2, 0) is 19.3 Å². The van der Waals surface area contributed by atoms with Gasteiger partial charge in [-0.25, -0.2) is 0 Å². The molecular formula is C37H48N2S. The number of nitrogens with zero attached hydrogens (tertiary/aromatic N) is 1. The number of nitrogens with one attached hydrogen (secondary N) is 1. The molecule has 1 saturated heterocycles. The Balaban J connectivity index is 0.00000181. The fraction of sp³-hybridized carbons (Fsp3) is 0.405. The molecule has 2 aromatic carbocycles. The normalized spacial score (nSPS) is 14.5. The van der Waals surface area contributed by atoms with E-state index in [1.807, 2.05) is 11.3 Å². The van der Waals surface area contributed by atoms with Crippen molar-refractivity contribution in [1.82, 2.24) is 10.2 Å². The molecule has 1 fully saturated rings. The number of thiophene rings is 1.